The molecule has 196 valence electrons. The Labute approximate surface area is 212 Å². The van der Waals surface area contributed by atoms with Crippen LogP contribution in [0.15, 0.2) is 6.07 Å². The van der Waals surface area contributed by atoms with Gasteiger partial charge in [0.2, 0.25) is 0 Å². The van der Waals surface area contributed by atoms with E-state index in [2.05, 4.69) is 19.2 Å². The summed E-state index contributed by atoms with van der Waals surface area (Å²) < 4.78 is 10.9. The molecule has 1 heterocycles. The van der Waals surface area contributed by atoms with Crippen molar-refractivity contribution in [3.05, 3.63) is 16.5 Å². The molecule has 0 atom stereocenters. The van der Waals surface area contributed by atoms with Crippen LogP contribution in [0.25, 0.3) is 0 Å². The minimum Gasteiger partial charge on any atom is -0.456 e. The second-order valence-electron chi connectivity index (χ2n) is 10.2. The molecule has 5 nitrogen and oxygen atoms in total. The number of carbonyl (C=O) groups excluding carboxylic acids is 2. The van der Waals surface area contributed by atoms with Gasteiger partial charge in [-0.3, -0.25) is 5.32 Å². The number of esters is 1. The van der Waals surface area contributed by atoms with Gasteiger partial charge in [-0.05, 0) is 46.1 Å². The molecule has 0 saturated heterocycles. The average molecular weight is 496 g/mol. The number of unbranched alkanes of at least 4 members (excludes halogenated alkanes) is 12. The van der Waals surface area contributed by atoms with Gasteiger partial charge in [0.1, 0.15) is 10.6 Å². The summed E-state index contributed by atoms with van der Waals surface area (Å²) in [5.41, 5.74) is -0.169. The van der Waals surface area contributed by atoms with Crippen LogP contribution in [0, 0.1) is 0 Å². The van der Waals surface area contributed by atoms with Gasteiger partial charge in [0, 0.05) is 4.88 Å². The number of anilines is 1. The van der Waals surface area contributed by atoms with E-state index < -0.39 is 17.7 Å². The van der Waals surface area contributed by atoms with Gasteiger partial charge in [-0.2, -0.15) is 0 Å². The van der Waals surface area contributed by atoms with Gasteiger partial charge >= 0.3 is 12.1 Å². The summed E-state index contributed by atoms with van der Waals surface area (Å²) in [6, 6.07) is 1.88. The first-order valence-corrected chi connectivity index (χ1v) is 14.4. The second-order valence-corrected chi connectivity index (χ2v) is 11.3. The zero-order chi connectivity index (χ0) is 25.2. The topological polar surface area (TPSA) is 64.6 Å². The highest BCUT2D eigenvalue weighted by atomic mass is 32.1. The molecular formula is C28H49NO4S. The van der Waals surface area contributed by atoms with Crippen molar-refractivity contribution in [1.82, 2.24) is 0 Å². The van der Waals surface area contributed by atoms with Crippen LogP contribution >= 0.6 is 11.3 Å². The zero-order valence-electron chi connectivity index (χ0n) is 22.4. The summed E-state index contributed by atoms with van der Waals surface area (Å²) in [6.45, 7) is 10.4. The molecule has 0 spiro atoms. The standard InChI is InChI=1S/C28H49NO4S/c1-6-8-10-12-14-15-16-18-20-23-22-24(26(30)33-28(3,4)5)25(34-23)29-27(31)32-21-19-17-13-11-9-7-2/h22H,6-21H2,1-5H3,(H,29,31). The summed E-state index contributed by atoms with van der Waals surface area (Å²) in [6.07, 6.45) is 17.3. The first kappa shape index (κ1) is 30.5. The van der Waals surface area contributed by atoms with Crippen LogP contribution in [-0.2, 0) is 15.9 Å². The maximum absolute atomic E-state index is 12.8. The number of amides is 1. The van der Waals surface area contributed by atoms with E-state index in [0.29, 0.717) is 17.2 Å². The van der Waals surface area contributed by atoms with Crippen molar-refractivity contribution >= 4 is 28.4 Å². The molecule has 0 unspecified atom stereocenters. The highest BCUT2D eigenvalue weighted by Gasteiger charge is 2.24. The number of aryl methyl sites for hydroxylation is 1. The second kappa shape index (κ2) is 17.8. The van der Waals surface area contributed by atoms with Crippen LogP contribution in [0.2, 0.25) is 0 Å². The highest BCUT2D eigenvalue weighted by molar-refractivity contribution is 7.16. The SMILES string of the molecule is CCCCCCCCCCc1cc(C(=O)OC(C)(C)C)c(NC(=O)OCCCCCCCC)s1. The van der Waals surface area contributed by atoms with Gasteiger partial charge < -0.3 is 9.47 Å². The molecule has 0 aliphatic heterocycles. The number of nitrogens with one attached hydrogen (secondary N) is 1. The van der Waals surface area contributed by atoms with Crippen LogP contribution in [0.1, 0.15) is 140 Å². The van der Waals surface area contributed by atoms with Crippen molar-refractivity contribution in [2.45, 2.75) is 137 Å². The molecule has 0 aliphatic carbocycles. The van der Waals surface area contributed by atoms with Gasteiger partial charge in [-0.1, -0.05) is 90.9 Å². The lowest BCUT2D eigenvalue weighted by molar-refractivity contribution is 0.00712. The molecule has 0 bridgehead atoms. The summed E-state index contributed by atoms with van der Waals surface area (Å²) in [5, 5.41) is 3.32. The Balaban J connectivity index is 2.56. The van der Waals surface area contributed by atoms with Gasteiger partial charge in [0.05, 0.1) is 12.2 Å². The van der Waals surface area contributed by atoms with Crippen molar-refractivity contribution in [3.8, 4) is 0 Å². The van der Waals surface area contributed by atoms with E-state index in [4.69, 9.17) is 9.47 Å². The summed E-state index contributed by atoms with van der Waals surface area (Å²) in [4.78, 5) is 26.2. The van der Waals surface area contributed by atoms with E-state index in [1.54, 1.807) is 0 Å². The number of rotatable bonds is 18. The third kappa shape index (κ3) is 14.6. The first-order valence-electron chi connectivity index (χ1n) is 13.6. The predicted molar refractivity (Wildman–Crippen MR) is 144 cm³/mol. The summed E-state index contributed by atoms with van der Waals surface area (Å²) in [7, 11) is 0. The Morgan fingerprint density at radius 3 is 1.91 bits per heavy atom. The minimum atomic E-state index is -0.591. The Kier molecular flexibility index (Phi) is 16.0. The van der Waals surface area contributed by atoms with Crippen molar-refractivity contribution in [2.24, 2.45) is 0 Å². The predicted octanol–water partition coefficient (Wildman–Crippen LogP) is 9.30. The fraction of sp³-hybridized carbons (Fsp3) is 0.786. The number of hydrogen-bond donors (Lipinski definition) is 1. The molecule has 0 radical (unpaired) electrons. The van der Waals surface area contributed by atoms with Crippen molar-refractivity contribution in [3.63, 3.8) is 0 Å². The monoisotopic (exact) mass is 495 g/mol. The lowest BCUT2D eigenvalue weighted by Gasteiger charge is -2.19. The molecule has 0 aromatic carbocycles. The zero-order valence-corrected chi connectivity index (χ0v) is 23.2. The van der Waals surface area contributed by atoms with E-state index in [-0.39, 0.29) is 0 Å². The fourth-order valence-electron chi connectivity index (χ4n) is 3.75. The van der Waals surface area contributed by atoms with Crippen LogP contribution in [0.5, 0.6) is 0 Å². The van der Waals surface area contributed by atoms with Gasteiger partial charge in [-0.15, -0.1) is 11.3 Å². The van der Waals surface area contributed by atoms with Gasteiger partial charge in [0.15, 0.2) is 0 Å². The Hall–Kier alpha value is -1.56. The maximum atomic E-state index is 12.8. The third-order valence-corrected chi connectivity index (χ3v) is 6.74. The van der Waals surface area contributed by atoms with E-state index in [9.17, 15) is 9.59 Å². The first-order chi connectivity index (χ1) is 16.3. The molecule has 0 aliphatic rings. The van der Waals surface area contributed by atoms with Crippen molar-refractivity contribution in [2.75, 3.05) is 11.9 Å². The van der Waals surface area contributed by atoms with Crippen LogP contribution in [-0.4, -0.2) is 24.3 Å². The van der Waals surface area contributed by atoms with Crippen LogP contribution in [0.4, 0.5) is 9.80 Å². The minimum absolute atomic E-state index is 0.399. The van der Waals surface area contributed by atoms with Crippen LogP contribution in [0.3, 0.4) is 0 Å². The fourth-order valence-corrected chi connectivity index (χ4v) is 4.82. The normalized spacial score (nSPS) is 11.4. The molecular weight excluding hydrogens is 446 g/mol. The quantitative estimate of drug-likeness (QED) is 0.163. The molecule has 0 saturated carbocycles. The lowest BCUT2D eigenvalue weighted by Crippen LogP contribution is -2.24. The van der Waals surface area contributed by atoms with Crippen molar-refractivity contribution < 1.29 is 19.1 Å². The molecule has 1 rings (SSSR count). The molecule has 1 aromatic heterocycles. The molecule has 6 heteroatoms. The smallest absolute Gasteiger partial charge is 0.412 e. The number of ether oxygens (including phenoxy) is 2. The molecule has 34 heavy (non-hydrogen) atoms. The largest absolute Gasteiger partial charge is 0.456 e. The molecule has 1 N–H and O–H groups in total. The number of hydrogen-bond acceptors (Lipinski definition) is 5. The lowest BCUT2D eigenvalue weighted by atomic mass is 10.1. The number of thiophene rings is 1. The van der Waals surface area contributed by atoms with Crippen LogP contribution < -0.4 is 5.32 Å². The maximum Gasteiger partial charge on any atom is 0.412 e. The van der Waals surface area contributed by atoms with Gasteiger partial charge in [-0.25, -0.2) is 9.59 Å². The average Bonchev–Trinajstić information content (AvgIpc) is 3.16. The Bertz CT molecular complexity index is 693. The van der Waals surface area contributed by atoms with E-state index in [1.807, 2.05) is 26.8 Å². The van der Waals surface area contributed by atoms with Gasteiger partial charge in [0.25, 0.3) is 0 Å². The summed E-state index contributed by atoms with van der Waals surface area (Å²) >= 11 is 1.46. The Morgan fingerprint density at radius 1 is 0.824 bits per heavy atom. The van der Waals surface area contributed by atoms with E-state index >= 15 is 0 Å². The van der Waals surface area contributed by atoms with Crippen molar-refractivity contribution in [1.29, 1.82) is 0 Å². The van der Waals surface area contributed by atoms with E-state index in [1.165, 1.54) is 82.0 Å². The molecule has 1 amide bonds. The Morgan fingerprint density at radius 2 is 1.35 bits per heavy atom. The number of carbonyl (C=O) groups is 2. The highest BCUT2D eigenvalue weighted by Crippen LogP contribution is 2.31. The molecule has 0 fully saturated rings. The van der Waals surface area contributed by atoms with E-state index in [0.717, 1.165) is 30.6 Å². The summed E-state index contributed by atoms with van der Waals surface area (Å²) in [5.74, 6) is -0.405. The third-order valence-electron chi connectivity index (χ3n) is 5.63. The molecule has 1 aromatic rings.